The fourth-order valence-electron chi connectivity index (χ4n) is 3.80. The van der Waals surface area contributed by atoms with E-state index in [1.54, 1.807) is 7.11 Å². The van der Waals surface area contributed by atoms with Gasteiger partial charge < -0.3 is 10.1 Å². The molecule has 0 fully saturated rings. The molecule has 0 radical (unpaired) electrons. The zero-order chi connectivity index (χ0) is 15.1. The fourth-order valence-corrected chi connectivity index (χ4v) is 4.33. The summed E-state index contributed by atoms with van der Waals surface area (Å²) in [6.45, 7) is 0. The average Bonchev–Trinajstić information content (AvgIpc) is 3.04. The number of anilines is 1. The molecule has 0 saturated carbocycles. The van der Waals surface area contributed by atoms with Gasteiger partial charge in [-0.15, -0.1) is 0 Å². The summed E-state index contributed by atoms with van der Waals surface area (Å²) >= 11 is 3.71. The van der Waals surface area contributed by atoms with Gasteiger partial charge in [-0.3, -0.25) is 0 Å². The zero-order valence-corrected chi connectivity index (χ0v) is 14.0. The van der Waals surface area contributed by atoms with Crippen LogP contribution in [0.25, 0.3) is 0 Å². The molecule has 2 aromatic carbocycles. The number of allylic oxidation sites excluding steroid dienone is 2. The molecule has 0 unspecified atom stereocenters. The maximum atomic E-state index is 5.58. The molecule has 0 spiro atoms. The summed E-state index contributed by atoms with van der Waals surface area (Å²) in [5.41, 5.74) is 3.80. The molecule has 3 heteroatoms. The van der Waals surface area contributed by atoms with Crippen molar-refractivity contribution in [2.24, 2.45) is 5.92 Å². The smallest absolute Gasteiger partial charge is 0.142 e. The van der Waals surface area contributed by atoms with Crippen LogP contribution in [-0.2, 0) is 0 Å². The first-order valence-electron chi connectivity index (χ1n) is 7.64. The van der Waals surface area contributed by atoms with Gasteiger partial charge in [0, 0.05) is 10.4 Å². The van der Waals surface area contributed by atoms with E-state index < -0.39 is 0 Å². The lowest BCUT2D eigenvalue weighted by atomic mass is 9.77. The Bertz CT molecular complexity index is 740. The number of para-hydroxylation sites is 1. The molecule has 2 aliphatic rings. The van der Waals surface area contributed by atoms with E-state index in [1.165, 1.54) is 11.1 Å². The van der Waals surface area contributed by atoms with Crippen molar-refractivity contribution in [3.63, 3.8) is 0 Å². The molecule has 0 amide bonds. The van der Waals surface area contributed by atoms with Crippen LogP contribution in [0.1, 0.15) is 29.5 Å². The lowest BCUT2D eigenvalue weighted by Gasteiger charge is -2.38. The maximum absolute atomic E-state index is 5.58. The third kappa shape index (κ3) is 2.07. The van der Waals surface area contributed by atoms with Crippen molar-refractivity contribution in [3.05, 3.63) is 70.2 Å². The molecule has 0 saturated heterocycles. The Morgan fingerprint density at radius 1 is 1.09 bits per heavy atom. The van der Waals surface area contributed by atoms with Crippen LogP contribution in [0.4, 0.5) is 5.69 Å². The minimum Gasteiger partial charge on any atom is -0.495 e. The SMILES string of the molecule is COc1cccc2c1N[C@@H](c1ccccc1Br)[C@@H]1CC=C[C@@H]21. The van der Waals surface area contributed by atoms with Gasteiger partial charge in [-0.1, -0.05) is 58.4 Å². The van der Waals surface area contributed by atoms with Crippen molar-refractivity contribution in [2.75, 3.05) is 12.4 Å². The second-order valence-electron chi connectivity index (χ2n) is 5.92. The topological polar surface area (TPSA) is 21.3 Å². The summed E-state index contributed by atoms with van der Waals surface area (Å²) in [4.78, 5) is 0. The summed E-state index contributed by atoms with van der Waals surface area (Å²) in [5, 5.41) is 3.75. The Kier molecular flexibility index (Phi) is 3.45. The van der Waals surface area contributed by atoms with Gasteiger partial charge in [0.2, 0.25) is 0 Å². The second kappa shape index (κ2) is 5.47. The van der Waals surface area contributed by atoms with Gasteiger partial charge in [-0.25, -0.2) is 0 Å². The molecule has 1 aliphatic carbocycles. The fraction of sp³-hybridized carbons (Fsp3) is 0.263. The molecule has 3 atom stereocenters. The van der Waals surface area contributed by atoms with Crippen LogP contribution in [0, 0.1) is 5.92 Å². The average molecular weight is 356 g/mol. The highest BCUT2D eigenvalue weighted by atomic mass is 79.9. The lowest BCUT2D eigenvalue weighted by molar-refractivity contribution is 0.397. The first-order valence-corrected chi connectivity index (χ1v) is 8.43. The van der Waals surface area contributed by atoms with E-state index in [0.717, 1.165) is 22.3 Å². The standard InChI is InChI=1S/C19H18BrNO/c1-22-17-11-5-9-14-12-7-4-8-13(12)18(21-19(14)17)15-6-2-3-10-16(15)20/h2-7,9-13,18,21H,8H2,1H3/t12-,13-,18-/m1/s1. The molecule has 112 valence electrons. The van der Waals surface area contributed by atoms with Crippen molar-refractivity contribution in [2.45, 2.75) is 18.4 Å². The van der Waals surface area contributed by atoms with Gasteiger partial charge in [0.15, 0.2) is 0 Å². The number of hydrogen-bond donors (Lipinski definition) is 1. The molecule has 1 heterocycles. The summed E-state index contributed by atoms with van der Waals surface area (Å²) in [6.07, 6.45) is 5.78. The minimum absolute atomic E-state index is 0.291. The van der Waals surface area contributed by atoms with Gasteiger partial charge in [-0.05, 0) is 35.6 Å². The lowest BCUT2D eigenvalue weighted by Crippen LogP contribution is -2.29. The molecule has 2 aromatic rings. The van der Waals surface area contributed by atoms with Crippen LogP contribution >= 0.6 is 15.9 Å². The molecule has 4 rings (SSSR count). The maximum Gasteiger partial charge on any atom is 0.142 e. The predicted octanol–water partition coefficient (Wildman–Crippen LogP) is 5.28. The number of ether oxygens (including phenoxy) is 1. The zero-order valence-electron chi connectivity index (χ0n) is 12.4. The molecule has 0 bridgehead atoms. The predicted molar refractivity (Wildman–Crippen MR) is 93.5 cm³/mol. The molecule has 1 aliphatic heterocycles. The van der Waals surface area contributed by atoms with E-state index >= 15 is 0 Å². The van der Waals surface area contributed by atoms with E-state index in [-0.39, 0.29) is 0 Å². The third-order valence-electron chi connectivity index (χ3n) is 4.82. The number of hydrogen-bond acceptors (Lipinski definition) is 2. The highest BCUT2D eigenvalue weighted by Gasteiger charge is 2.39. The highest BCUT2D eigenvalue weighted by molar-refractivity contribution is 9.10. The van der Waals surface area contributed by atoms with Gasteiger partial charge in [-0.2, -0.15) is 0 Å². The monoisotopic (exact) mass is 355 g/mol. The Morgan fingerprint density at radius 2 is 1.91 bits per heavy atom. The summed E-state index contributed by atoms with van der Waals surface area (Å²) in [6, 6.07) is 15.1. The van der Waals surface area contributed by atoms with Crippen LogP contribution < -0.4 is 10.1 Å². The third-order valence-corrected chi connectivity index (χ3v) is 5.54. The van der Waals surface area contributed by atoms with Crippen LogP contribution in [0.5, 0.6) is 5.75 Å². The van der Waals surface area contributed by atoms with Crippen LogP contribution in [0.2, 0.25) is 0 Å². The number of fused-ring (bicyclic) bond motifs is 3. The first-order chi connectivity index (χ1) is 10.8. The number of methoxy groups -OCH3 is 1. The van der Waals surface area contributed by atoms with Crippen LogP contribution in [0.15, 0.2) is 59.1 Å². The van der Waals surface area contributed by atoms with Gasteiger partial charge in [0.05, 0.1) is 18.8 Å². The Labute approximate surface area is 139 Å². The van der Waals surface area contributed by atoms with E-state index in [4.69, 9.17) is 4.74 Å². The van der Waals surface area contributed by atoms with Crippen molar-refractivity contribution in [1.82, 2.24) is 0 Å². The molecule has 1 N–H and O–H groups in total. The molecular weight excluding hydrogens is 338 g/mol. The normalized spacial score (nSPS) is 25.3. The van der Waals surface area contributed by atoms with Gasteiger partial charge in [0.1, 0.15) is 5.75 Å². The number of benzene rings is 2. The van der Waals surface area contributed by atoms with E-state index in [2.05, 4.69) is 69.8 Å². The number of halogens is 1. The number of nitrogens with one attached hydrogen (secondary N) is 1. The Hall–Kier alpha value is -1.74. The van der Waals surface area contributed by atoms with Gasteiger partial charge in [0.25, 0.3) is 0 Å². The van der Waals surface area contributed by atoms with Crippen molar-refractivity contribution >= 4 is 21.6 Å². The van der Waals surface area contributed by atoms with Crippen molar-refractivity contribution < 1.29 is 4.74 Å². The van der Waals surface area contributed by atoms with Gasteiger partial charge >= 0.3 is 0 Å². The number of rotatable bonds is 2. The minimum atomic E-state index is 0.291. The largest absolute Gasteiger partial charge is 0.495 e. The van der Waals surface area contributed by atoms with Crippen LogP contribution in [0.3, 0.4) is 0 Å². The van der Waals surface area contributed by atoms with E-state index in [9.17, 15) is 0 Å². The Balaban J connectivity index is 1.85. The van der Waals surface area contributed by atoms with E-state index in [1.807, 2.05) is 6.07 Å². The van der Waals surface area contributed by atoms with E-state index in [0.29, 0.717) is 17.9 Å². The van der Waals surface area contributed by atoms with Crippen molar-refractivity contribution in [3.8, 4) is 5.75 Å². The van der Waals surface area contributed by atoms with Crippen LogP contribution in [-0.4, -0.2) is 7.11 Å². The second-order valence-corrected chi connectivity index (χ2v) is 6.78. The highest BCUT2D eigenvalue weighted by Crippen LogP contribution is 2.52. The molecule has 2 nitrogen and oxygen atoms in total. The quantitative estimate of drug-likeness (QED) is 0.739. The Morgan fingerprint density at radius 3 is 2.73 bits per heavy atom. The first kappa shape index (κ1) is 13.9. The van der Waals surface area contributed by atoms with Crippen molar-refractivity contribution in [1.29, 1.82) is 0 Å². The molecule has 22 heavy (non-hydrogen) atoms. The summed E-state index contributed by atoms with van der Waals surface area (Å²) < 4.78 is 6.74. The molecule has 0 aromatic heterocycles. The molecular formula is C19H18BrNO. The summed E-state index contributed by atoms with van der Waals surface area (Å²) in [5.74, 6) is 1.94. The summed E-state index contributed by atoms with van der Waals surface area (Å²) in [7, 11) is 1.74.